The van der Waals surface area contributed by atoms with Gasteiger partial charge in [0.1, 0.15) is 12.0 Å². The number of piperidine rings is 1. The Hall–Kier alpha value is -1.60. The Morgan fingerprint density at radius 1 is 1.14 bits per heavy atom. The number of aliphatic hydroxyl groups is 1. The number of hydrogen-bond donors (Lipinski definition) is 3. The van der Waals surface area contributed by atoms with Crippen molar-refractivity contribution >= 4 is 16.4 Å². The van der Waals surface area contributed by atoms with Crippen LogP contribution in [-0.2, 0) is 19.9 Å². The van der Waals surface area contributed by atoms with Gasteiger partial charge in [-0.25, -0.2) is 0 Å². The zero-order valence-corrected chi connectivity index (χ0v) is 16.4. The summed E-state index contributed by atoms with van der Waals surface area (Å²) in [6.45, 7) is -0.206. The van der Waals surface area contributed by atoms with Crippen LogP contribution in [0.4, 0.5) is 0 Å². The van der Waals surface area contributed by atoms with E-state index in [2.05, 4.69) is 11.9 Å². The second kappa shape index (κ2) is 11.4. The highest BCUT2D eigenvalue weighted by atomic mass is 32.3. The van der Waals surface area contributed by atoms with Crippen LogP contribution in [0.25, 0.3) is 0 Å². The van der Waals surface area contributed by atoms with Gasteiger partial charge in [0.2, 0.25) is 0 Å². The summed E-state index contributed by atoms with van der Waals surface area (Å²) in [6.07, 6.45) is 4.26. The van der Waals surface area contributed by atoms with Gasteiger partial charge in [0.05, 0.1) is 6.61 Å². The van der Waals surface area contributed by atoms with E-state index >= 15 is 0 Å². The van der Waals surface area contributed by atoms with Gasteiger partial charge in [0.25, 0.3) is 0 Å². The standard InChI is InChI=1S/C17H23NO3.H2O4S.2H2O/c1-18-13-7-8-14(18)10-15(9-13)21-17(20)16(11-19)12-5-3-2-4-6-12;1-5(2,3)4;;/h2-6,13-16,19H,7-11H2,1H3;(H2,1,2,3,4);2*1H2/t13?,14?,15?,16-;;;/m0.../s1. The number of ether oxygens (including phenoxy) is 1. The van der Waals surface area contributed by atoms with E-state index in [1.807, 2.05) is 30.3 Å². The second-order valence-corrected chi connectivity index (χ2v) is 7.57. The number of esters is 1. The van der Waals surface area contributed by atoms with Gasteiger partial charge in [0.15, 0.2) is 0 Å². The van der Waals surface area contributed by atoms with Crippen molar-refractivity contribution in [1.82, 2.24) is 4.90 Å². The number of rotatable bonds is 4. The fourth-order valence-electron chi connectivity index (χ4n) is 3.71. The van der Waals surface area contributed by atoms with Gasteiger partial charge in [0, 0.05) is 12.1 Å². The highest BCUT2D eigenvalue weighted by Crippen LogP contribution is 2.36. The molecule has 2 saturated heterocycles. The lowest BCUT2D eigenvalue weighted by molar-refractivity contribution is -0.155. The number of benzene rings is 1. The maximum atomic E-state index is 12.4. The lowest BCUT2D eigenvalue weighted by Gasteiger charge is -2.36. The fraction of sp³-hybridized carbons (Fsp3) is 0.588. The van der Waals surface area contributed by atoms with Gasteiger partial charge in [-0.05, 0) is 38.3 Å². The molecule has 1 aromatic rings. The molecule has 0 saturated carbocycles. The first-order valence-electron chi connectivity index (χ1n) is 8.47. The van der Waals surface area contributed by atoms with Gasteiger partial charge in [-0.3, -0.25) is 13.9 Å². The van der Waals surface area contributed by atoms with E-state index in [1.54, 1.807) is 0 Å². The van der Waals surface area contributed by atoms with Crippen LogP contribution in [0.5, 0.6) is 0 Å². The summed E-state index contributed by atoms with van der Waals surface area (Å²) in [5.74, 6) is -0.860. The average molecular weight is 423 g/mol. The molecule has 2 bridgehead atoms. The van der Waals surface area contributed by atoms with Crippen LogP contribution < -0.4 is 0 Å². The number of aliphatic hydroxyl groups excluding tert-OH is 1. The largest absolute Gasteiger partial charge is 0.462 e. The molecular weight excluding hydrogens is 394 g/mol. The molecule has 2 heterocycles. The van der Waals surface area contributed by atoms with Crippen LogP contribution in [-0.4, -0.2) is 76.3 Å². The van der Waals surface area contributed by atoms with E-state index in [-0.39, 0.29) is 29.6 Å². The first-order chi connectivity index (χ1) is 12.2. The smallest absolute Gasteiger partial charge is 0.394 e. The Kier molecular flexibility index (Phi) is 10.8. The zero-order valence-electron chi connectivity index (χ0n) is 15.6. The molecule has 3 atom stereocenters. The third-order valence-corrected chi connectivity index (χ3v) is 5.01. The minimum atomic E-state index is -4.67. The van der Waals surface area contributed by atoms with Crippen LogP contribution in [0, 0.1) is 0 Å². The summed E-state index contributed by atoms with van der Waals surface area (Å²) in [6, 6.07) is 10.5. The minimum absolute atomic E-state index is 0. The predicted molar refractivity (Wildman–Crippen MR) is 101 cm³/mol. The molecule has 0 spiro atoms. The number of fused-ring (bicyclic) bond motifs is 2. The van der Waals surface area contributed by atoms with Crippen LogP contribution in [0.2, 0.25) is 0 Å². The Morgan fingerprint density at radius 3 is 2.04 bits per heavy atom. The molecule has 28 heavy (non-hydrogen) atoms. The van der Waals surface area contributed by atoms with Gasteiger partial charge < -0.3 is 25.7 Å². The second-order valence-electron chi connectivity index (χ2n) is 6.67. The molecule has 3 rings (SSSR count). The summed E-state index contributed by atoms with van der Waals surface area (Å²) in [7, 11) is -2.50. The van der Waals surface area contributed by atoms with Crippen LogP contribution >= 0.6 is 0 Å². The molecule has 2 aliphatic rings. The molecule has 2 aliphatic heterocycles. The van der Waals surface area contributed by atoms with Gasteiger partial charge in [-0.15, -0.1) is 0 Å². The maximum absolute atomic E-state index is 12.4. The molecule has 0 radical (unpaired) electrons. The average Bonchev–Trinajstić information content (AvgIpc) is 2.77. The molecule has 0 amide bonds. The first kappa shape index (κ1) is 26.4. The normalized spacial score (nSPS) is 24.6. The number of nitrogens with zero attached hydrogens (tertiary/aromatic N) is 1. The van der Waals surface area contributed by atoms with Gasteiger partial charge in [-0.2, -0.15) is 8.42 Å². The number of carbonyl (C=O) groups excluding carboxylic acids is 1. The van der Waals surface area contributed by atoms with E-state index in [4.69, 9.17) is 22.3 Å². The van der Waals surface area contributed by atoms with Crippen LogP contribution in [0.3, 0.4) is 0 Å². The van der Waals surface area contributed by atoms with Crippen molar-refractivity contribution in [3.05, 3.63) is 35.9 Å². The Bertz CT molecular complexity index is 676. The summed E-state index contributed by atoms with van der Waals surface area (Å²) in [5.41, 5.74) is 0.820. The predicted octanol–water partition coefficient (Wildman–Crippen LogP) is -0.371. The van der Waals surface area contributed by atoms with Crippen molar-refractivity contribution in [1.29, 1.82) is 0 Å². The van der Waals surface area contributed by atoms with Crippen molar-refractivity contribution in [2.75, 3.05) is 13.7 Å². The van der Waals surface area contributed by atoms with Crippen molar-refractivity contribution in [2.24, 2.45) is 0 Å². The summed E-state index contributed by atoms with van der Waals surface area (Å²) in [5, 5.41) is 9.53. The molecule has 11 heteroatoms. The lowest BCUT2D eigenvalue weighted by atomic mass is 9.98. The molecule has 0 aromatic heterocycles. The zero-order chi connectivity index (χ0) is 19.3. The van der Waals surface area contributed by atoms with Gasteiger partial charge >= 0.3 is 16.4 Å². The minimum Gasteiger partial charge on any atom is -0.462 e. The molecule has 0 aliphatic carbocycles. The van der Waals surface area contributed by atoms with Crippen molar-refractivity contribution in [3.8, 4) is 0 Å². The van der Waals surface area contributed by atoms with E-state index in [9.17, 15) is 9.90 Å². The SMILES string of the molecule is CN1C2CCC1CC(OC(=O)[C@@H](CO)c1ccccc1)C2.O.O.O=S(=O)(O)O. The third-order valence-electron chi connectivity index (χ3n) is 5.01. The molecule has 2 unspecified atom stereocenters. The highest BCUT2D eigenvalue weighted by Gasteiger charge is 2.40. The number of hydrogen-bond acceptors (Lipinski definition) is 6. The first-order valence-corrected chi connectivity index (χ1v) is 9.87. The highest BCUT2D eigenvalue weighted by molar-refractivity contribution is 7.79. The maximum Gasteiger partial charge on any atom is 0.394 e. The molecule has 1 aromatic carbocycles. The van der Waals surface area contributed by atoms with Gasteiger partial charge in [-0.1, -0.05) is 30.3 Å². The molecule has 162 valence electrons. The van der Waals surface area contributed by atoms with E-state index in [1.165, 1.54) is 12.8 Å². The molecular formula is C17H29NO9S. The van der Waals surface area contributed by atoms with E-state index in [0.717, 1.165) is 18.4 Å². The Labute approximate surface area is 164 Å². The van der Waals surface area contributed by atoms with E-state index in [0.29, 0.717) is 12.1 Å². The quantitative estimate of drug-likeness (QED) is 0.432. The van der Waals surface area contributed by atoms with Crippen LogP contribution in [0.15, 0.2) is 30.3 Å². The molecule has 10 nitrogen and oxygen atoms in total. The summed E-state index contributed by atoms with van der Waals surface area (Å²) >= 11 is 0. The third kappa shape index (κ3) is 7.80. The topological polar surface area (TPSA) is 187 Å². The lowest BCUT2D eigenvalue weighted by Crippen LogP contribution is -2.43. The Morgan fingerprint density at radius 2 is 1.61 bits per heavy atom. The molecule has 2 fully saturated rings. The summed E-state index contributed by atoms with van der Waals surface area (Å²) < 4.78 is 37.3. The number of carbonyl (C=O) groups is 1. The molecule has 7 N–H and O–H groups in total. The van der Waals surface area contributed by atoms with Crippen LogP contribution in [0.1, 0.15) is 37.2 Å². The Balaban J connectivity index is 0.000000934. The van der Waals surface area contributed by atoms with Crippen molar-refractivity contribution < 1.29 is 43.1 Å². The van der Waals surface area contributed by atoms with Crippen molar-refractivity contribution in [3.63, 3.8) is 0 Å². The van der Waals surface area contributed by atoms with Crippen molar-refractivity contribution in [2.45, 2.75) is 49.8 Å². The summed E-state index contributed by atoms with van der Waals surface area (Å²) in [4.78, 5) is 14.8. The van der Waals surface area contributed by atoms with E-state index < -0.39 is 16.3 Å². The fourth-order valence-corrected chi connectivity index (χ4v) is 3.71. The monoisotopic (exact) mass is 423 g/mol.